The van der Waals surface area contributed by atoms with Gasteiger partial charge in [-0.05, 0) is 11.5 Å². The molecule has 1 rings (SSSR count). The molecule has 1 atom stereocenters. The van der Waals surface area contributed by atoms with Crippen molar-refractivity contribution in [2.75, 3.05) is 0 Å². The van der Waals surface area contributed by atoms with Crippen molar-refractivity contribution < 1.29 is 0 Å². The molecule has 0 fully saturated rings. The third kappa shape index (κ3) is 3.77. The van der Waals surface area contributed by atoms with Crippen LogP contribution in [0.25, 0.3) is 0 Å². The fourth-order valence-corrected chi connectivity index (χ4v) is 3.89. The predicted octanol–water partition coefficient (Wildman–Crippen LogP) is 4.13. The average molecular weight is 192 g/mol. The maximum absolute atomic E-state index is 2.44. The molecule has 0 N–H and O–H groups in total. The third-order valence-electron chi connectivity index (χ3n) is 2.29. The molecule has 0 aliphatic rings. The van der Waals surface area contributed by atoms with E-state index >= 15 is 0 Å². The van der Waals surface area contributed by atoms with E-state index in [-0.39, 0.29) is 0 Å². The van der Waals surface area contributed by atoms with Gasteiger partial charge in [-0.2, -0.15) is 0 Å². The van der Waals surface area contributed by atoms with Gasteiger partial charge in [0.1, 0.15) is 0 Å². The lowest BCUT2D eigenvalue weighted by atomic mass is 10.0. The van der Waals surface area contributed by atoms with Gasteiger partial charge in [0.25, 0.3) is 0 Å². The number of rotatable bonds is 3. The predicted molar refractivity (Wildman–Crippen MR) is 63.0 cm³/mol. The second-order valence-corrected chi connectivity index (χ2v) is 10.6. The Hall–Kier alpha value is -0.563. The molecule has 0 spiro atoms. The highest BCUT2D eigenvalue weighted by molar-refractivity contribution is 6.76. The minimum Gasteiger partial charge on any atom is -0.0695 e. The van der Waals surface area contributed by atoms with Crippen molar-refractivity contribution in [1.82, 2.24) is 0 Å². The van der Waals surface area contributed by atoms with Crippen LogP contribution in [0.5, 0.6) is 0 Å². The maximum atomic E-state index is 2.44. The van der Waals surface area contributed by atoms with Crippen LogP contribution in [0.15, 0.2) is 30.3 Å². The van der Waals surface area contributed by atoms with Gasteiger partial charge >= 0.3 is 0 Å². The molecule has 0 bridgehead atoms. The Balaban J connectivity index is 2.64. The lowest BCUT2D eigenvalue weighted by Gasteiger charge is -2.21. The summed E-state index contributed by atoms with van der Waals surface area (Å²) in [4.78, 5) is 0. The highest BCUT2D eigenvalue weighted by Gasteiger charge is 2.17. The van der Waals surface area contributed by atoms with Crippen LogP contribution in [-0.4, -0.2) is 8.07 Å². The molecule has 0 aliphatic heterocycles. The normalized spacial score (nSPS) is 14.2. The Morgan fingerprint density at radius 3 is 2.08 bits per heavy atom. The summed E-state index contributed by atoms with van der Waals surface area (Å²) >= 11 is 0. The Morgan fingerprint density at radius 1 is 1.08 bits per heavy atom. The molecule has 0 amide bonds. The Labute approximate surface area is 83.0 Å². The van der Waals surface area contributed by atoms with Crippen molar-refractivity contribution in [3.05, 3.63) is 35.9 Å². The van der Waals surface area contributed by atoms with Crippen LogP contribution in [0.3, 0.4) is 0 Å². The highest BCUT2D eigenvalue weighted by Crippen LogP contribution is 2.25. The summed E-state index contributed by atoms with van der Waals surface area (Å²) in [5, 5.41) is 0. The summed E-state index contributed by atoms with van der Waals surface area (Å²) in [5.41, 5.74) is 1.49. The summed E-state index contributed by atoms with van der Waals surface area (Å²) in [6.07, 6.45) is 0. The fraction of sp³-hybridized carbons (Fsp3) is 0.500. The number of benzene rings is 1. The topological polar surface area (TPSA) is 0 Å². The average Bonchev–Trinajstić information content (AvgIpc) is 2.03. The van der Waals surface area contributed by atoms with Gasteiger partial charge in [0.05, 0.1) is 0 Å². The quantitative estimate of drug-likeness (QED) is 0.632. The first-order valence-corrected chi connectivity index (χ1v) is 8.75. The molecular formula is C12H20Si. The molecule has 1 aromatic carbocycles. The first-order chi connectivity index (χ1) is 5.99. The van der Waals surface area contributed by atoms with Crippen LogP contribution in [-0.2, 0) is 0 Å². The fourth-order valence-electron chi connectivity index (χ4n) is 1.82. The van der Waals surface area contributed by atoms with E-state index in [0.717, 1.165) is 5.92 Å². The van der Waals surface area contributed by atoms with E-state index in [0.29, 0.717) is 0 Å². The van der Waals surface area contributed by atoms with Crippen LogP contribution in [0.2, 0.25) is 25.7 Å². The van der Waals surface area contributed by atoms with E-state index in [1.165, 1.54) is 11.6 Å². The van der Waals surface area contributed by atoms with E-state index in [4.69, 9.17) is 0 Å². The summed E-state index contributed by atoms with van der Waals surface area (Å²) in [6.45, 7) is 9.65. The van der Waals surface area contributed by atoms with Gasteiger partial charge in [0, 0.05) is 8.07 Å². The van der Waals surface area contributed by atoms with Gasteiger partial charge < -0.3 is 0 Å². The Bertz CT molecular complexity index is 246. The number of hydrogen-bond donors (Lipinski definition) is 0. The molecule has 0 radical (unpaired) electrons. The van der Waals surface area contributed by atoms with Crippen LogP contribution < -0.4 is 0 Å². The zero-order valence-electron chi connectivity index (χ0n) is 9.17. The van der Waals surface area contributed by atoms with Gasteiger partial charge in [0.2, 0.25) is 0 Å². The standard InChI is InChI=1S/C12H20Si/c1-11(10-13(2,3)4)12-8-6-5-7-9-12/h5-9,11H,10H2,1-4H3/t11-/m0/s1. The largest absolute Gasteiger partial charge is 0.0695 e. The van der Waals surface area contributed by atoms with Crippen LogP contribution >= 0.6 is 0 Å². The van der Waals surface area contributed by atoms with Crippen molar-refractivity contribution in [1.29, 1.82) is 0 Å². The van der Waals surface area contributed by atoms with Crippen LogP contribution in [0, 0.1) is 0 Å². The van der Waals surface area contributed by atoms with Crippen molar-refractivity contribution in [3.63, 3.8) is 0 Å². The highest BCUT2D eigenvalue weighted by atomic mass is 28.3. The van der Waals surface area contributed by atoms with Gasteiger partial charge in [0.15, 0.2) is 0 Å². The first-order valence-electron chi connectivity index (χ1n) is 5.04. The van der Waals surface area contributed by atoms with Crippen LogP contribution in [0.4, 0.5) is 0 Å². The van der Waals surface area contributed by atoms with E-state index < -0.39 is 8.07 Å². The molecular weight excluding hydrogens is 172 g/mol. The zero-order valence-corrected chi connectivity index (χ0v) is 10.2. The molecule has 1 aromatic rings. The second kappa shape index (κ2) is 4.10. The minimum atomic E-state index is -0.903. The molecule has 1 heteroatoms. The smallest absolute Gasteiger partial charge is 0.0448 e. The van der Waals surface area contributed by atoms with E-state index in [1.807, 2.05) is 0 Å². The molecule has 0 saturated carbocycles. The SMILES string of the molecule is C[C@@H](C[Si](C)(C)C)c1ccccc1. The van der Waals surface area contributed by atoms with E-state index in [1.54, 1.807) is 0 Å². The summed E-state index contributed by atoms with van der Waals surface area (Å²) < 4.78 is 0. The van der Waals surface area contributed by atoms with Crippen molar-refractivity contribution >= 4 is 8.07 Å². The van der Waals surface area contributed by atoms with Crippen molar-refractivity contribution in [2.45, 2.75) is 38.5 Å². The summed E-state index contributed by atoms with van der Waals surface area (Å²) in [5.74, 6) is 0.730. The van der Waals surface area contributed by atoms with Gasteiger partial charge in [-0.25, -0.2) is 0 Å². The van der Waals surface area contributed by atoms with Crippen molar-refractivity contribution in [3.8, 4) is 0 Å². The van der Waals surface area contributed by atoms with Gasteiger partial charge in [-0.1, -0.05) is 62.9 Å². The molecule has 0 nitrogen and oxygen atoms in total. The molecule has 13 heavy (non-hydrogen) atoms. The van der Waals surface area contributed by atoms with Gasteiger partial charge in [-0.3, -0.25) is 0 Å². The Kier molecular flexibility index (Phi) is 3.31. The van der Waals surface area contributed by atoms with Crippen LogP contribution in [0.1, 0.15) is 18.4 Å². The van der Waals surface area contributed by atoms with E-state index in [9.17, 15) is 0 Å². The summed E-state index contributed by atoms with van der Waals surface area (Å²) in [6, 6.07) is 12.2. The molecule has 72 valence electrons. The lowest BCUT2D eigenvalue weighted by molar-refractivity contribution is 0.845. The monoisotopic (exact) mass is 192 g/mol. The lowest BCUT2D eigenvalue weighted by Crippen LogP contribution is -2.21. The molecule has 0 aromatic heterocycles. The Morgan fingerprint density at radius 2 is 1.62 bits per heavy atom. The zero-order chi connectivity index (χ0) is 9.90. The molecule has 0 unspecified atom stereocenters. The molecule has 0 aliphatic carbocycles. The summed E-state index contributed by atoms with van der Waals surface area (Å²) in [7, 11) is -0.903. The van der Waals surface area contributed by atoms with Crippen molar-refractivity contribution in [2.24, 2.45) is 0 Å². The number of hydrogen-bond acceptors (Lipinski definition) is 0. The maximum Gasteiger partial charge on any atom is 0.0448 e. The van der Waals surface area contributed by atoms with Gasteiger partial charge in [-0.15, -0.1) is 0 Å². The third-order valence-corrected chi connectivity index (χ3v) is 4.12. The second-order valence-electron chi connectivity index (χ2n) is 5.08. The first kappa shape index (κ1) is 10.5. The van der Waals surface area contributed by atoms with E-state index in [2.05, 4.69) is 56.9 Å². The molecule has 0 heterocycles. The minimum absolute atomic E-state index is 0.730. The molecule has 0 saturated heterocycles.